The number of carbonyl (C=O) groups is 1. The summed E-state index contributed by atoms with van der Waals surface area (Å²) >= 11 is 0. The highest BCUT2D eigenvalue weighted by Gasteiger charge is 2.15. The van der Waals surface area contributed by atoms with Crippen molar-refractivity contribution >= 4 is 5.78 Å². The summed E-state index contributed by atoms with van der Waals surface area (Å²) in [7, 11) is 0. The lowest BCUT2D eigenvalue weighted by Gasteiger charge is -2.14. The van der Waals surface area contributed by atoms with E-state index in [0.717, 1.165) is 11.3 Å². The van der Waals surface area contributed by atoms with E-state index in [9.17, 15) is 14.7 Å². The maximum Gasteiger partial charge on any atom is 0.252 e. The quantitative estimate of drug-likeness (QED) is 0.870. The van der Waals surface area contributed by atoms with Gasteiger partial charge in [-0.25, -0.2) is 4.68 Å². The first-order chi connectivity index (χ1) is 9.41. The van der Waals surface area contributed by atoms with Crippen LogP contribution < -0.4 is 5.43 Å². The minimum atomic E-state index is -0.740. The second-order valence-corrected chi connectivity index (χ2v) is 4.91. The maximum atomic E-state index is 11.7. The van der Waals surface area contributed by atoms with Crippen LogP contribution in [0.15, 0.2) is 35.3 Å². The van der Waals surface area contributed by atoms with Crippen LogP contribution in [0.5, 0.6) is 5.75 Å². The maximum absolute atomic E-state index is 11.7. The number of aromatic hydroxyl groups is 1. The Morgan fingerprint density at radius 1 is 1.30 bits per heavy atom. The standard InChI is InChI=1S/C15H16N2O3/c1-9(2)11-6-4-5-7-12(11)17-8-13(19)15(20)14(16-17)10(3)18/h4-9,19H,1-3H3. The predicted octanol–water partition coefficient (Wildman–Crippen LogP) is 2.26. The summed E-state index contributed by atoms with van der Waals surface area (Å²) in [4.78, 5) is 23.1. The summed E-state index contributed by atoms with van der Waals surface area (Å²) in [5.41, 5.74) is 0.747. The van der Waals surface area contributed by atoms with Crippen molar-refractivity contribution in [3.63, 3.8) is 0 Å². The summed E-state index contributed by atoms with van der Waals surface area (Å²) in [6.07, 6.45) is 1.23. The number of benzene rings is 1. The number of aromatic nitrogens is 2. The van der Waals surface area contributed by atoms with Crippen LogP contribution in [0.4, 0.5) is 0 Å². The van der Waals surface area contributed by atoms with E-state index < -0.39 is 17.0 Å². The molecule has 0 radical (unpaired) electrons. The zero-order valence-electron chi connectivity index (χ0n) is 11.6. The molecule has 0 fully saturated rings. The first-order valence-electron chi connectivity index (χ1n) is 6.35. The van der Waals surface area contributed by atoms with Gasteiger partial charge in [0, 0.05) is 6.92 Å². The van der Waals surface area contributed by atoms with Crippen molar-refractivity contribution in [3.8, 4) is 11.4 Å². The lowest BCUT2D eigenvalue weighted by molar-refractivity contribution is 0.100. The Labute approximate surface area is 116 Å². The van der Waals surface area contributed by atoms with Gasteiger partial charge in [0.15, 0.2) is 17.2 Å². The average Bonchev–Trinajstić information content (AvgIpc) is 2.41. The molecule has 2 aromatic rings. The molecule has 0 spiro atoms. The fraction of sp³-hybridized carbons (Fsp3) is 0.267. The van der Waals surface area contributed by atoms with Crippen molar-refractivity contribution in [2.45, 2.75) is 26.7 Å². The number of ketones is 1. The van der Waals surface area contributed by atoms with Crippen LogP contribution >= 0.6 is 0 Å². The van der Waals surface area contributed by atoms with E-state index in [2.05, 4.69) is 5.10 Å². The molecule has 0 aliphatic carbocycles. The van der Waals surface area contributed by atoms with E-state index in [1.807, 2.05) is 38.1 Å². The molecule has 0 aliphatic heterocycles. The van der Waals surface area contributed by atoms with Gasteiger partial charge in [0.05, 0.1) is 11.9 Å². The molecule has 5 heteroatoms. The first kappa shape index (κ1) is 14.0. The Morgan fingerprint density at radius 2 is 1.95 bits per heavy atom. The SMILES string of the molecule is CC(=O)c1nn(-c2ccccc2C(C)C)cc(O)c1=O. The molecule has 0 saturated heterocycles. The summed E-state index contributed by atoms with van der Waals surface area (Å²) in [5.74, 6) is -0.708. The Bertz CT molecular complexity index is 717. The second kappa shape index (κ2) is 5.28. The molecule has 0 aliphatic rings. The Kier molecular flexibility index (Phi) is 3.70. The van der Waals surface area contributed by atoms with Crippen molar-refractivity contribution in [1.82, 2.24) is 9.78 Å². The van der Waals surface area contributed by atoms with E-state index in [4.69, 9.17) is 0 Å². The lowest BCUT2D eigenvalue weighted by atomic mass is 10.0. The minimum absolute atomic E-state index is 0.246. The Balaban J connectivity index is 2.71. The molecule has 0 unspecified atom stereocenters. The Hall–Kier alpha value is -2.43. The molecule has 0 atom stereocenters. The molecule has 2 rings (SSSR count). The molecule has 20 heavy (non-hydrogen) atoms. The molecule has 1 heterocycles. The van der Waals surface area contributed by atoms with Gasteiger partial charge in [-0.15, -0.1) is 0 Å². The summed E-state index contributed by atoms with van der Waals surface area (Å²) in [6, 6.07) is 7.53. The number of Topliss-reactive ketones (excluding diaryl/α,β-unsaturated/α-hetero) is 1. The van der Waals surface area contributed by atoms with Crippen molar-refractivity contribution in [3.05, 3.63) is 51.9 Å². The predicted molar refractivity (Wildman–Crippen MR) is 75.6 cm³/mol. The number of rotatable bonds is 3. The van der Waals surface area contributed by atoms with E-state index >= 15 is 0 Å². The van der Waals surface area contributed by atoms with E-state index in [0.29, 0.717) is 0 Å². The van der Waals surface area contributed by atoms with E-state index in [1.54, 1.807) is 0 Å². The molecule has 0 bridgehead atoms. The van der Waals surface area contributed by atoms with Gasteiger partial charge in [-0.1, -0.05) is 32.0 Å². The van der Waals surface area contributed by atoms with Crippen molar-refractivity contribution < 1.29 is 9.90 Å². The van der Waals surface area contributed by atoms with Gasteiger partial charge in [0.2, 0.25) is 0 Å². The monoisotopic (exact) mass is 272 g/mol. The lowest BCUT2D eigenvalue weighted by Crippen LogP contribution is -2.20. The van der Waals surface area contributed by atoms with Crippen LogP contribution in [0.3, 0.4) is 0 Å². The van der Waals surface area contributed by atoms with Gasteiger partial charge in [-0.2, -0.15) is 5.10 Å². The summed E-state index contributed by atoms with van der Waals surface area (Å²) < 4.78 is 1.38. The van der Waals surface area contributed by atoms with E-state index in [1.165, 1.54) is 17.8 Å². The van der Waals surface area contributed by atoms with E-state index in [-0.39, 0.29) is 11.6 Å². The van der Waals surface area contributed by atoms with Gasteiger partial charge in [-0.3, -0.25) is 9.59 Å². The second-order valence-electron chi connectivity index (χ2n) is 4.91. The van der Waals surface area contributed by atoms with Crippen molar-refractivity contribution in [1.29, 1.82) is 0 Å². The molecule has 0 saturated carbocycles. The van der Waals surface area contributed by atoms with Gasteiger partial charge in [0.1, 0.15) is 0 Å². The largest absolute Gasteiger partial charge is 0.503 e. The van der Waals surface area contributed by atoms with Crippen molar-refractivity contribution in [2.24, 2.45) is 0 Å². The fourth-order valence-corrected chi connectivity index (χ4v) is 2.02. The highest BCUT2D eigenvalue weighted by Crippen LogP contribution is 2.22. The number of nitrogens with zero attached hydrogens (tertiary/aromatic N) is 2. The molecule has 1 aromatic heterocycles. The van der Waals surface area contributed by atoms with Crippen LogP contribution in [-0.4, -0.2) is 20.7 Å². The third-order valence-corrected chi connectivity index (χ3v) is 3.04. The average molecular weight is 272 g/mol. The highest BCUT2D eigenvalue weighted by atomic mass is 16.3. The first-order valence-corrected chi connectivity index (χ1v) is 6.35. The summed E-state index contributed by atoms with van der Waals surface area (Å²) in [5, 5.41) is 13.7. The highest BCUT2D eigenvalue weighted by molar-refractivity contribution is 5.92. The van der Waals surface area contributed by atoms with Crippen LogP contribution in [-0.2, 0) is 0 Å². The molecule has 1 N–H and O–H groups in total. The molecule has 104 valence electrons. The molecule has 1 aromatic carbocycles. The van der Waals surface area contributed by atoms with Gasteiger partial charge in [0.25, 0.3) is 5.43 Å². The summed E-state index contributed by atoms with van der Waals surface area (Å²) in [6.45, 7) is 5.32. The molecule has 0 amide bonds. The zero-order valence-corrected chi connectivity index (χ0v) is 11.6. The number of hydrogen-bond donors (Lipinski definition) is 1. The van der Waals surface area contributed by atoms with Crippen LogP contribution in [0.1, 0.15) is 42.7 Å². The number of carbonyl (C=O) groups excluding carboxylic acids is 1. The van der Waals surface area contributed by atoms with Crippen molar-refractivity contribution in [2.75, 3.05) is 0 Å². The third-order valence-electron chi connectivity index (χ3n) is 3.04. The van der Waals surface area contributed by atoms with Gasteiger partial charge < -0.3 is 5.11 Å². The van der Waals surface area contributed by atoms with Crippen LogP contribution in [0.25, 0.3) is 5.69 Å². The molecule has 5 nitrogen and oxygen atoms in total. The van der Waals surface area contributed by atoms with Crippen LogP contribution in [0.2, 0.25) is 0 Å². The Morgan fingerprint density at radius 3 is 2.55 bits per heavy atom. The fourth-order valence-electron chi connectivity index (χ4n) is 2.02. The topological polar surface area (TPSA) is 72.2 Å². The third kappa shape index (κ3) is 2.47. The van der Waals surface area contributed by atoms with Crippen LogP contribution in [0, 0.1) is 0 Å². The smallest absolute Gasteiger partial charge is 0.252 e. The number of para-hydroxylation sites is 1. The minimum Gasteiger partial charge on any atom is -0.503 e. The molecular formula is C15H16N2O3. The van der Waals surface area contributed by atoms with Gasteiger partial charge >= 0.3 is 0 Å². The number of hydrogen-bond acceptors (Lipinski definition) is 4. The van der Waals surface area contributed by atoms with Gasteiger partial charge in [-0.05, 0) is 17.5 Å². The molecular weight excluding hydrogens is 256 g/mol. The normalized spacial score (nSPS) is 10.8. The zero-order chi connectivity index (χ0) is 14.9.